The van der Waals surface area contributed by atoms with Crippen molar-refractivity contribution in [1.82, 2.24) is 10.6 Å². The molecule has 2 N–H and O–H groups in total. The third-order valence-electron chi connectivity index (χ3n) is 5.54. The third kappa shape index (κ3) is 5.19. The van der Waals surface area contributed by atoms with E-state index < -0.39 is 0 Å². The third-order valence-corrected chi connectivity index (χ3v) is 5.54. The molecule has 0 aromatic heterocycles. The van der Waals surface area contributed by atoms with E-state index in [1.807, 2.05) is 32.0 Å². The Morgan fingerprint density at radius 2 is 1.63 bits per heavy atom. The van der Waals surface area contributed by atoms with Crippen LogP contribution in [0.1, 0.15) is 58.6 Å². The summed E-state index contributed by atoms with van der Waals surface area (Å²) in [6.07, 6.45) is 4.14. The van der Waals surface area contributed by atoms with E-state index >= 15 is 0 Å². The van der Waals surface area contributed by atoms with Crippen LogP contribution in [-0.2, 0) is 4.79 Å². The highest BCUT2D eigenvalue weighted by atomic mass is 16.2. The molecule has 1 saturated carbocycles. The summed E-state index contributed by atoms with van der Waals surface area (Å²) in [4.78, 5) is 24.4. The van der Waals surface area contributed by atoms with Crippen LogP contribution >= 0.6 is 0 Å². The molecule has 1 fully saturated rings. The van der Waals surface area contributed by atoms with Gasteiger partial charge in [0, 0.05) is 11.6 Å². The van der Waals surface area contributed by atoms with Gasteiger partial charge in [0.05, 0.1) is 6.54 Å². The molecule has 1 aliphatic rings. The maximum atomic E-state index is 12.2. The molecule has 3 rings (SSSR count). The number of amides is 2. The van der Waals surface area contributed by atoms with Gasteiger partial charge in [-0.15, -0.1) is 0 Å². The van der Waals surface area contributed by atoms with Crippen LogP contribution < -0.4 is 10.6 Å². The molecule has 2 aromatic rings. The predicted molar refractivity (Wildman–Crippen MR) is 108 cm³/mol. The van der Waals surface area contributed by atoms with Gasteiger partial charge in [-0.25, -0.2) is 0 Å². The van der Waals surface area contributed by atoms with Crippen molar-refractivity contribution in [2.75, 3.05) is 6.54 Å². The lowest BCUT2D eigenvalue weighted by Gasteiger charge is -2.29. The van der Waals surface area contributed by atoms with Crippen LogP contribution in [0.15, 0.2) is 48.5 Å². The second kappa shape index (κ2) is 8.85. The maximum Gasteiger partial charge on any atom is 0.251 e. The smallest absolute Gasteiger partial charge is 0.251 e. The van der Waals surface area contributed by atoms with E-state index in [0.717, 1.165) is 36.8 Å². The topological polar surface area (TPSA) is 58.2 Å². The Morgan fingerprint density at radius 1 is 0.926 bits per heavy atom. The van der Waals surface area contributed by atoms with E-state index in [4.69, 9.17) is 0 Å². The fraction of sp³-hybridized carbons (Fsp3) is 0.391. The lowest BCUT2D eigenvalue weighted by molar-refractivity contribution is -0.121. The number of hydrogen-bond acceptors (Lipinski definition) is 2. The Morgan fingerprint density at radius 3 is 2.30 bits per heavy atom. The zero-order chi connectivity index (χ0) is 19.2. The van der Waals surface area contributed by atoms with Crippen LogP contribution in [0.5, 0.6) is 0 Å². The van der Waals surface area contributed by atoms with E-state index in [1.165, 1.54) is 5.56 Å². The lowest BCUT2D eigenvalue weighted by atomic mass is 9.82. The van der Waals surface area contributed by atoms with Gasteiger partial charge in [-0.1, -0.05) is 36.4 Å². The molecule has 1 aliphatic carbocycles. The highest BCUT2D eigenvalue weighted by molar-refractivity contribution is 5.96. The minimum absolute atomic E-state index is 0.0182. The van der Waals surface area contributed by atoms with Crippen LogP contribution in [0.4, 0.5) is 0 Å². The number of carbonyl (C=O) groups is 2. The van der Waals surface area contributed by atoms with Gasteiger partial charge in [-0.05, 0) is 74.3 Å². The molecule has 0 atom stereocenters. The first-order valence-corrected chi connectivity index (χ1v) is 9.72. The number of rotatable bonds is 5. The average Bonchev–Trinajstić information content (AvgIpc) is 2.69. The molecule has 27 heavy (non-hydrogen) atoms. The summed E-state index contributed by atoms with van der Waals surface area (Å²) >= 11 is 0. The maximum absolute atomic E-state index is 12.2. The molecule has 4 nitrogen and oxygen atoms in total. The molecule has 0 heterocycles. The Labute approximate surface area is 161 Å². The predicted octanol–water partition coefficient (Wildman–Crippen LogP) is 3.88. The summed E-state index contributed by atoms with van der Waals surface area (Å²) < 4.78 is 0. The number of carbonyl (C=O) groups excluding carboxylic acids is 2. The lowest BCUT2D eigenvalue weighted by Crippen LogP contribution is -2.43. The first kappa shape index (κ1) is 19.2. The van der Waals surface area contributed by atoms with Gasteiger partial charge in [-0.2, -0.15) is 0 Å². The molecule has 0 saturated heterocycles. The first-order chi connectivity index (χ1) is 13.0. The highest BCUT2D eigenvalue weighted by Crippen LogP contribution is 2.32. The van der Waals surface area contributed by atoms with Crippen LogP contribution in [0.25, 0.3) is 0 Å². The van der Waals surface area contributed by atoms with Crippen LogP contribution in [0.2, 0.25) is 0 Å². The van der Waals surface area contributed by atoms with Gasteiger partial charge in [0.25, 0.3) is 5.91 Å². The molecular formula is C23H28N2O2. The highest BCUT2D eigenvalue weighted by Gasteiger charge is 2.23. The molecule has 0 spiro atoms. The molecule has 0 aliphatic heterocycles. The van der Waals surface area contributed by atoms with Crippen molar-refractivity contribution in [3.05, 3.63) is 70.8 Å². The van der Waals surface area contributed by atoms with Crippen LogP contribution in [0.3, 0.4) is 0 Å². The van der Waals surface area contributed by atoms with Gasteiger partial charge in [-0.3, -0.25) is 9.59 Å². The quantitative estimate of drug-likeness (QED) is 0.846. The number of benzene rings is 2. The Balaban J connectivity index is 1.42. The van der Waals surface area contributed by atoms with Crippen molar-refractivity contribution in [2.45, 2.75) is 51.5 Å². The zero-order valence-corrected chi connectivity index (χ0v) is 16.1. The zero-order valence-electron chi connectivity index (χ0n) is 16.1. The summed E-state index contributed by atoms with van der Waals surface area (Å²) in [5, 5.41) is 5.78. The number of nitrogens with one attached hydrogen (secondary N) is 2. The van der Waals surface area contributed by atoms with Crippen molar-refractivity contribution in [1.29, 1.82) is 0 Å². The minimum atomic E-state index is -0.207. The number of hydrogen-bond donors (Lipinski definition) is 2. The van der Waals surface area contributed by atoms with Gasteiger partial charge in [0.15, 0.2) is 0 Å². The molecule has 0 unspecified atom stereocenters. The Kier molecular flexibility index (Phi) is 6.28. The second-order valence-corrected chi connectivity index (χ2v) is 7.51. The van der Waals surface area contributed by atoms with Gasteiger partial charge < -0.3 is 10.6 Å². The summed E-state index contributed by atoms with van der Waals surface area (Å²) in [6.45, 7) is 4.01. The van der Waals surface area contributed by atoms with E-state index in [2.05, 4.69) is 34.9 Å². The van der Waals surface area contributed by atoms with E-state index in [9.17, 15) is 9.59 Å². The molecule has 142 valence electrons. The molecule has 0 bridgehead atoms. The van der Waals surface area contributed by atoms with Crippen molar-refractivity contribution in [3.63, 3.8) is 0 Å². The standard InChI is InChI=1S/C23H28N2O2/c1-16-8-9-20(14-17(16)2)23(27)24-15-22(26)25-21-12-10-19(11-13-21)18-6-4-3-5-7-18/h3-9,14,19,21H,10-13,15H2,1-2H3,(H,24,27)(H,25,26). The van der Waals surface area contributed by atoms with Crippen LogP contribution in [0, 0.1) is 13.8 Å². The largest absolute Gasteiger partial charge is 0.352 e. The normalized spacial score (nSPS) is 19.3. The fourth-order valence-electron chi connectivity index (χ4n) is 3.72. The van der Waals surface area contributed by atoms with E-state index in [-0.39, 0.29) is 24.4 Å². The fourth-order valence-corrected chi connectivity index (χ4v) is 3.72. The first-order valence-electron chi connectivity index (χ1n) is 9.72. The minimum Gasteiger partial charge on any atom is -0.352 e. The molecule has 4 heteroatoms. The average molecular weight is 364 g/mol. The summed E-state index contributed by atoms with van der Waals surface area (Å²) in [7, 11) is 0. The van der Waals surface area contributed by atoms with Gasteiger partial charge in [0.2, 0.25) is 5.91 Å². The summed E-state index contributed by atoms with van der Waals surface area (Å²) in [5.41, 5.74) is 4.20. The summed E-state index contributed by atoms with van der Waals surface area (Å²) in [6, 6.07) is 16.4. The van der Waals surface area contributed by atoms with E-state index in [1.54, 1.807) is 6.07 Å². The van der Waals surface area contributed by atoms with Crippen molar-refractivity contribution >= 4 is 11.8 Å². The monoisotopic (exact) mass is 364 g/mol. The van der Waals surface area contributed by atoms with Crippen molar-refractivity contribution in [2.24, 2.45) is 0 Å². The molecule has 2 aromatic carbocycles. The number of aryl methyl sites for hydroxylation is 2. The van der Waals surface area contributed by atoms with Crippen molar-refractivity contribution in [3.8, 4) is 0 Å². The Bertz CT molecular complexity index is 793. The second-order valence-electron chi connectivity index (χ2n) is 7.51. The molecular weight excluding hydrogens is 336 g/mol. The molecule has 0 radical (unpaired) electrons. The molecule has 2 amide bonds. The van der Waals surface area contributed by atoms with Crippen LogP contribution in [-0.4, -0.2) is 24.4 Å². The van der Waals surface area contributed by atoms with Gasteiger partial charge in [0.1, 0.15) is 0 Å². The Hall–Kier alpha value is -2.62. The SMILES string of the molecule is Cc1ccc(C(=O)NCC(=O)NC2CCC(c3ccccc3)CC2)cc1C. The van der Waals surface area contributed by atoms with Crippen molar-refractivity contribution < 1.29 is 9.59 Å². The summed E-state index contributed by atoms with van der Waals surface area (Å²) in [5.74, 6) is 0.264. The van der Waals surface area contributed by atoms with Gasteiger partial charge >= 0.3 is 0 Å². The van der Waals surface area contributed by atoms with E-state index in [0.29, 0.717) is 11.5 Å².